The number of ether oxygens (including phenoxy) is 2. The third kappa shape index (κ3) is 2.92. The van der Waals surface area contributed by atoms with Gasteiger partial charge in [-0.15, -0.1) is 0 Å². The van der Waals surface area contributed by atoms with Crippen LogP contribution in [-0.4, -0.2) is 6.61 Å². The molecule has 0 aliphatic heterocycles. The monoisotopic (exact) mass is 279 g/mol. The van der Waals surface area contributed by atoms with Gasteiger partial charge in [0, 0.05) is 29.3 Å². The zero-order chi connectivity index (χ0) is 14.7. The van der Waals surface area contributed by atoms with E-state index in [2.05, 4.69) is 12.1 Å². The minimum absolute atomic E-state index is 0.594. The average molecular weight is 279 g/mol. The molecular weight excluding hydrogens is 262 g/mol. The molecule has 0 spiro atoms. The van der Waals surface area contributed by atoms with Gasteiger partial charge in [0.15, 0.2) is 0 Å². The van der Waals surface area contributed by atoms with Gasteiger partial charge in [0.2, 0.25) is 0 Å². The molecule has 3 aromatic rings. The standard InChI is InChI=1S/C18H17NO2/c1-2-20-15-10-14(19)11-16(12-15)21-18-9-5-7-13-6-3-4-8-17(13)18/h3-12H,2,19H2,1H3. The number of rotatable bonds is 4. The second kappa shape index (κ2) is 5.75. The molecular formula is C18H17NO2. The number of anilines is 1. The molecule has 106 valence electrons. The molecule has 0 aliphatic rings. The smallest absolute Gasteiger partial charge is 0.135 e. The Labute approximate surface area is 123 Å². The fourth-order valence-corrected chi connectivity index (χ4v) is 2.31. The van der Waals surface area contributed by atoms with Crippen molar-refractivity contribution in [2.75, 3.05) is 12.3 Å². The summed E-state index contributed by atoms with van der Waals surface area (Å²) < 4.78 is 11.5. The van der Waals surface area contributed by atoms with E-state index in [9.17, 15) is 0 Å². The molecule has 0 radical (unpaired) electrons. The fraction of sp³-hybridized carbons (Fsp3) is 0.111. The highest BCUT2D eigenvalue weighted by Gasteiger charge is 2.05. The molecule has 0 heterocycles. The Kier molecular flexibility index (Phi) is 3.65. The van der Waals surface area contributed by atoms with Crippen LogP contribution in [0.3, 0.4) is 0 Å². The molecule has 0 bridgehead atoms. The van der Waals surface area contributed by atoms with E-state index in [1.165, 1.54) is 0 Å². The van der Waals surface area contributed by atoms with E-state index >= 15 is 0 Å². The molecule has 3 heteroatoms. The Morgan fingerprint density at radius 3 is 2.52 bits per heavy atom. The maximum absolute atomic E-state index is 6.00. The molecule has 0 fully saturated rings. The maximum Gasteiger partial charge on any atom is 0.135 e. The normalized spacial score (nSPS) is 10.5. The highest BCUT2D eigenvalue weighted by Crippen LogP contribution is 2.32. The van der Waals surface area contributed by atoms with Crippen LogP contribution in [0, 0.1) is 0 Å². The van der Waals surface area contributed by atoms with Crippen molar-refractivity contribution in [3.05, 3.63) is 60.7 Å². The highest BCUT2D eigenvalue weighted by atomic mass is 16.5. The van der Waals surface area contributed by atoms with Gasteiger partial charge in [-0.3, -0.25) is 0 Å². The maximum atomic E-state index is 6.00. The molecule has 0 atom stereocenters. The second-order valence-electron chi connectivity index (χ2n) is 4.75. The summed E-state index contributed by atoms with van der Waals surface area (Å²) in [6, 6.07) is 19.5. The van der Waals surface area contributed by atoms with E-state index in [-0.39, 0.29) is 0 Å². The zero-order valence-electron chi connectivity index (χ0n) is 11.9. The van der Waals surface area contributed by atoms with Crippen LogP contribution >= 0.6 is 0 Å². The first-order valence-corrected chi connectivity index (χ1v) is 6.95. The van der Waals surface area contributed by atoms with E-state index < -0.39 is 0 Å². The van der Waals surface area contributed by atoms with Crippen LogP contribution in [-0.2, 0) is 0 Å². The summed E-state index contributed by atoms with van der Waals surface area (Å²) in [4.78, 5) is 0. The van der Waals surface area contributed by atoms with Gasteiger partial charge in [0.25, 0.3) is 0 Å². The average Bonchev–Trinajstić information content (AvgIpc) is 2.47. The summed E-state index contributed by atoms with van der Waals surface area (Å²) in [7, 11) is 0. The number of nitrogens with two attached hydrogens (primary N) is 1. The second-order valence-corrected chi connectivity index (χ2v) is 4.75. The third-order valence-corrected chi connectivity index (χ3v) is 3.19. The quantitative estimate of drug-likeness (QED) is 0.709. The lowest BCUT2D eigenvalue weighted by Gasteiger charge is -2.11. The third-order valence-electron chi connectivity index (χ3n) is 3.19. The van der Waals surface area contributed by atoms with Crippen molar-refractivity contribution in [3.63, 3.8) is 0 Å². The van der Waals surface area contributed by atoms with E-state index in [0.717, 1.165) is 16.5 Å². The van der Waals surface area contributed by atoms with Crippen LogP contribution in [0.15, 0.2) is 60.7 Å². The largest absolute Gasteiger partial charge is 0.494 e. The van der Waals surface area contributed by atoms with Crippen molar-refractivity contribution in [2.45, 2.75) is 6.92 Å². The number of hydrogen-bond acceptors (Lipinski definition) is 3. The van der Waals surface area contributed by atoms with Crippen LogP contribution in [0.25, 0.3) is 10.8 Å². The van der Waals surface area contributed by atoms with E-state index in [1.807, 2.05) is 43.3 Å². The SMILES string of the molecule is CCOc1cc(N)cc(Oc2cccc3ccccc23)c1. The molecule has 3 aromatic carbocycles. The number of hydrogen-bond donors (Lipinski definition) is 1. The summed E-state index contributed by atoms with van der Waals surface area (Å²) >= 11 is 0. The van der Waals surface area contributed by atoms with Crippen molar-refractivity contribution >= 4 is 16.5 Å². The van der Waals surface area contributed by atoms with E-state index in [1.54, 1.807) is 12.1 Å². The van der Waals surface area contributed by atoms with E-state index in [4.69, 9.17) is 15.2 Å². The van der Waals surface area contributed by atoms with Crippen LogP contribution in [0.2, 0.25) is 0 Å². The predicted molar refractivity (Wildman–Crippen MR) is 86.0 cm³/mol. The Bertz CT molecular complexity index is 763. The Morgan fingerprint density at radius 1 is 0.905 bits per heavy atom. The number of benzene rings is 3. The number of nitrogen functional groups attached to an aromatic ring is 1. The molecule has 0 saturated heterocycles. The lowest BCUT2D eigenvalue weighted by atomic mass is 10.1. The van der Waals surface area contributed by atoms with Crippen molar-refractivity contribution in [1.82, 2.24) is 0 Å². The lowest BCUT2D eigenvalue weighted by molar-refractivity contribution is 0.338. The first kappa shape index (κ1) is 13.3. The van der Waals surface area contributed by atoms with Crippen LogP contribution in [0.1, 0.15) is 6.92 Å². The number of fused-ring (bicyclic) bond motifs is 1. The molecule has 3 rings (SSSR count). The zero-order valence-corrected chi connectivity index (χ0v) is 11.9. The van der Waals surface area contributed by atoms with Gasteiger partial charge in [-0.05, 0) is 18.4 Å². The van der Waals surface area contributed by atoms with Gasteiger partial charge in [0.1, 0.15) is 17.2 Å². The molecule has 0 aromatic heterocycles. The summed E-state index contributed by atoms with van der Waals surface area (Å²) in [6.07, 6.45) is 0. The molecule has 0 aliphatic carbocycles. The van der Waals surface area contributed by atoms with Crippen molar-refractivity contribution < 1.29 is 9.47 Å². The molecule has 21 heavy (non-hydrogen) atoms. The summed E-state index contributed by atoms with van der Waals surface area (Å²) in [5.41, 5.74) is 6.52. The summed E-state index contributed by atoms with van der Waals surface area (Å²) in [6.45, 7) is 2.53. The first-order chi connectivity index (χ1) is 10.3. The molecule has 2 N–H and O–H groups in total. The lowest BCUT2D eigenvalue weighted by Crippen LogP contribution is -1.95. The van der Waals surface area contributed by atoms with Crippen molar-refractivity contribution in [2.24, 2.45) is 0 Å². The predicted octanol–water partition coefficient (Wildman–Crippen LogP) is 4.61. The molecule has 3 nitrogen and oxygen atoms in total. The van der Waals surface area contributed by atoms with Gasteiger partial charge < -0.3 is 15.2 Å². The molecule has 0 saturated carbocycles. The highest BCUT2D eigenvalue weighted by molar-refractivity contribution is 5.88. The van der Waals surface area contributed by atoms with Crippen LogP contribution < -0.4 is 15.2 Å². The Balaban J connectivity index is 1.98. The Morgan fingerprint density at radius 2 is 1.67 bits per heavy atom. The van der Waals surface area contributed by atoms with Crippen LogP contribution in [0.5, 0.6) is 17.2 Å². The minimum atomic E-state index is 0.594. The minimum Gasteiger partial charge on any atom is -0.494 e. The van der Waals surface area contributed by atoms with E-state index in [0.29, 0.717) is 23.8 Å². The summed E-state index contributed by atoms with van der Waals surface area (Å²) in [5, 5.41) is 2.21. The van der Waals surface area contributed by atoms with Crippen LogP contribution in [0.4, 0.5) is 5.69 Å². The molecule has 0 amide bonds. The van der Waals surface area contributed by atoms with Gasteiger partial charge in [0.05, 0.1) is 6.61 Å². The van der Waals surface area contributed by atoms with Crippen molar-refractivity contribution in [1.29, 1.82) is 0 Å². The van der Waals surface area contributed by atoms with Gasteiger partial charge in [-0.25, -0.2) is 0 Å². The topological polar surface area (TPSA) is 44.5 Å². The van der Waals surface area contributed by atoms with Gasteiger partial charge in [-0.2, -0.15) is 0 Å². The summed E-state index contributed by atoms with van der Waals surface area (Å²) in [5.74, 6) is 2.20. The molecule has 0 unspecified atom stereocenters. The fourth-order valence-electron chi connectivity index (χ4n) is 2.31. The Hall–Kier alpha value is -2.68. The van der Waals surface area contributed by atoms with Gasteiger partial charge >= 0.3 is 0 Å². The van der Waals surface area contributed by atoms with Crippen molar-refractivity contribution in [3.8, 4) is 17.2 Å². The van der Waals surface area contributed by atoms with Gasteiger partial charge in [-0.1, -0.05) is 36.4 Å². The first-order valence-electron chi connectivity index (χ1n) is 6.95.